The van der Waals surface area contributed by atoms with Gasteiger partial charge in [-0.1, -0.05) is 12.1 Å². The Labute approximate surface area is 160 Å². The highest BCUT2D eigenvalue weighted by atomic mass is 79.9. The van der Waals surface area contributed by atoms with E-state index in [0.717, 1.165) is 28.3 Å². The van der Waals surface area contributed by atoms with Crippen LogP contribution in [0.15, 0.2) is 58.1 Å². The van der Waals surface area contributed by atoms with Crippen molar-refractivity contribution in [2.75, 3.05) is 7.11 Å². The summed E-state index contributed by atoms with van der Waals surface area (Å²) in [6.45, 7) is 4.19. The Kier molecular flexibility index (Phi) is 5.42. The summed E-state index contributed by atoms with van der Waals surface area (Å²) in [6, 6.07) is 12.8. The number of methoxy groups -OCH3 is 1. The minimum Gasteiger partial charge on any atom is -0.497 e. The molecular formula is C20H19BrN2O3. The SMILES string of the molecule is COc1ccc(COc2cc(C)n(-c3cc(Br)ncc3C)c(=O)c2)cc1. The molecule has 1 aromatic carbocycles. The molecule has 0 aliphatic heterocycles. The molecule has 2 aromatic heterocycles. The van der Waals surface area contributed by atoms with Crippen LogP contribution < -0.4 is 15.0 Å². The standard InChI is InChI=1S/C20H19BrN2O3/c1-13-11-22-19(21)10-18(13)23-14(2)8-17(9-20(23)24)26-12-15-4-6-16(25-3)7-5-15/h4-11H,12H2,1-3H3. The lowest BCUT2D eigenvalue weighted by molar-refractivity contribution is 0.304. The second-order valence-electron chi connectivity index (χ2n) is 5.94. The molecule has 0 radical (unpaired) electrons. The Balaban J connectivity index is 1.85. The third-order valence-corrected chi connectivity index (χ3v) is 4.47. The number of aromatic nitrogens is 2. The molecule has 3 aromatic rings. The van der Waals surface area contributed by atoms with E-state index in [-0.39, 0.29) is 5.56 Å². The lowest BCUT2D eigenvalue weighted by Gasteiger charge is -2.14. The predicted molar refractivity (Wildman–Crippen MR) is 104 cm³/mol. The topological polar surface area (TPSA) is 53.4 Å². The van der Waals surface area contributed by atoms with Crippen molar-refractivity contribution >= 4 is 15.9 Å². The summed E-state index contributed by atoms with van der Waals surface area (Å²) in [5.74, 6) is 1.34. The first kappa shape index (κ1) is 18.2. The summed E-state index contributed by atoms with van der Waals surface area (Å²) < 4.78 is 13.3. The highest BCUT2D eigenvalue weighted by Gasteiger charge is 2.10. The molecule has 0 aliphatic rings. The van der Waals surface area contributed by atoms with Crippen molar-refractivity contribution in [3.8, 4) is 17.2 Å². The van der Waals surface area contributed by atoms with E-state index in [2.05, 4.69) is 20.9 Å². The van der Waals surface area contributed by atoms with Gasteiger partial charge in [0.25, 0.3) is 5.56 Å². The largest absolute Gasteiger partial charge is 0.497 e. The van der Waals surface area contributed by atoms with Crippen LogP contribution in [0.25, 0.3) is 5.69 Å². The maximum absolute atomic E-state index is 12.7. The maximum atomic E-state index is 12.7. The smallest absolute Gasteiger partial charge is 0.259 e. The quantitative estimate of drug-likeness (QED) is 0.587. The number of nitrogens with zero attached hydrogens (tertiary/aromatic N) is 2. The number of pyridine rings is 2. The Morgan fingerprint density at radius 1 is 1.08 bits per heavy atom. The molecule has 0 amide bonds. The van der Waals surface area contributed by atoms with E-state index < -0.39 is 0 Å². The molecule has 0 bridgehead atoms. The van der Waals surface area contributed by atoms with Crippen molar-refractivity contribution in [3.63, 3.8) is 0 Å². The van der Waals surface area contributed by atoms with E-state index in [1.165, 1.54) is 6.07 Å². The average molecular weight is 415 g/mol. The molecule has 5 nitrogen and oxygen atoms in total. The summed E-state index contributed by atoms with van der Waals surface area (Å²) in [5, 5.41) is 0. The minimum atomic E-state index is -0.143. The molecule has 2 heterocycles. The van der Waals surface area contributed by atoms with E-state index in [4.69, 9.17) is 9.47 Å². The van der Waals surface area contributed by atoms with Gasteiger partial charge in [0.05, 0.1) is 12.8 Å². The van der Waals surface area contributed by atoms with Gasteiger partial charge in [0.1, 0.15) is 22.7 Å². The predicted octanol–water partition coefficient (Wildman–Crippen LogP) is 4.20. The molecule has 0 spiro atoms. The van der Waals surface area contributed by atoms with E-state index in [1.807, 2.05) is 50.2 Å². The zero-order valence-corrected chi connectivity index (χ0v) is 16.4. The van der Waals surface area contributed by atoms with Gasteiger partial charge < -0.3 is 9.47 Å². The lowest BCUT2D eigenvalue weighted by atomic mass is 10.2. The number of benzene rings is 1. The van der Waals surface area contributed by atoms with Crippen molar-refractivity contribution in [3.05, 3.63) is 80.4 Å². The molecule has 0 N–H and O–H groups in total. The molecule has 134 valence electrons. The van der Waals surface area contributed by atoms with Gasteiger partial charge >= 0.3 is 0 Å². The van der Waals surface area contributed by atoms with Crippen LogP contribution in [0.1, 0.15) is 16.8 Å². The fourth-order valence-electron chi connectivity index (χ4n) is 2.68. The Morgan fingerprint density at radius 2 is 1.81 bits per heavy atom. The number of rotatable bonds is 5. The molecule has 0 fully saturated rings. The molecule has 0 aliphatic carbocycles. The van der Waals surface area contributed by atoms with Gasteiger partial charge in [0.2, 0.25) is 0 Å². The van der Waals surface area contributed by atoms with Crippen molar-refractivity contribution in [1.29, 1.82) is 0 Å². The zero-order chi connectivity index (χ0) is 18.7. The van der Waals surface area contributed by atoms with Crippen LogP contribution in [0.4, 0.5) is 0 Å². The van der Waals surface area contributed by atoms with E-state index >= 15 is 0 Å². The lowest BCUT2D eigenvalue weighted by Crippen LogP contribution is -2.21. The first-order valence-electron chi connectivity index (χ1n) is 8.10. The summed E-state index contributed by atoms with van der Waals surface area (Å²) >= 11 is 3.36. The van der Waals surface area contributed by atoms with Gasteiger partial charge in [-0.25, -0.2) is 4.98 Å². The number of hydrogen-bond acceptors (Lipinski definition) is 4. The normalized spacial score (nSPS) is 10.6. The summed E-state index contributed by atoms with van der Waals surface area (Å²) in [6.07, 6.45) is 1.74. The molecule has 26 heavy (non-hydrogen) atoms. The third kappa shape index (κ3) is 3.96. The first-order chi connectivity index (χ1) is 12.5. The average Bonchev–Trinajstić information content (AvgIpc) is 2.62. The van der Waals surface area contributed by atoms with Gasteiger partial charge in [-0.3, -0.25) is 9.36 Å². The van der Waals surface area contributed by atoms with Gasteiger partial charge in [-0.15, -0.1) is 0 Å². The molecular weight excluding hydrogens is 396 g/mol. The van der Waals surface area contributed by atoms with E-state index in [1.54, 1.807) is 17.9 Å². The number of hydrogen-bond donors (Lipinski definition) is 0. The zero-order valence-electron chi connectivity index (χ0n) is 14.8. The molecule has 0 unspecified atom stereocenters. The molecule has 0 atom stereocenters. The van der Waals surface area contributed by atoms with Crippen LogP contribution >= 0.6 is 15.9 Å². The summed E-state index contributed by atoms with van der Waals surface area (Å²) in [4.78, 5) is 16.8. The summed E-state index contributed by atoms with van der Waals surface area (Å²) in [7, 11) is 1.63. The van der Waals surface area contributed by atoms with E-state index in [0.29, 0.717) is 17.0 Å². The molecule has 6 heteroatoms. The Bertz CT molecular complexity index is 981. The van der Waals surface area contributed by atoms with Gasteiger partial charge in [0, 0.05) is 24.0 Å². The van der Waals surface area contributed by atoms with Crippen LogP contribution in [0.5, 0.6) is 11.5 Å². The highest BCUT2D eigenvalue weighted by molar-refractivity contribution is 9.10. The van der Waals surface area contributed by atoms with Crippen LogP contribution in [-0.4, -0.2) is 16.7 Å². The van der Waals surface area contributed by atoms with Crippen molar-refractivity contribution in [2.45, 2.75) is 20.5 Å². The fraction of sp³-hybridized carbons (Fsp3) is 0.200. The Morgan fingerprint density at radius 3 is 2.46 bits per heavy atom. The monoisotopic (exact) mass is 414 g/mol. The van der Waals surface area contributed by atoms with Gasteiger partial charge in [-0.2, -0.15) is 0 Å². The minimum absolute atomic E-state index is 0.143. The van der Waals surface area contributed by atoms with Crippen LogP contribution in [0.3, 0.4) is 0 Å². The second-order valence-corrected chi connectivity index (χ2v) is 6.75. The van der Waals surface area contributed by atoms with Gasteiger partial charge in [-0.05, 0) is 59.1 Å². The molecule has 0 saturated carbocycles. The van der Waals surface area contributed by atoms with Gasteiger partial charge in [0.15, 0.2) is 0 Å². The molecule has 0 saturated heterocycles. The summed E-state index contributed by atoms with van der Waals surface area (Å²) in [5.41, 5.74) is 3.38. The van der Waals surface area contributed by atoms with Crippen molar-refractivity contribution < 1.29 is 9.47 Å². The van der Waals surface area contributed by atoms with Crippen molar-refractivity contribution in [2.24, 2.45) is 0 Å². The number of ether oxygens (including phenoxy) is 2. The molecule has 3 rings (SSSR count). The van der Waals surface area contributed by atoms with Crippen LogP contribution in [0.2, 0.25) is 0 Å². The first-order valence-corrected chi connectivity index (χ1v) is 8.89. The third-order valence-electron chi connectivity index (χ3n) is 4.04. The van der Waals surface area contributed by atoms with Crippen LogP contribution in [-0.2, 0) is 6.61 Å². The van der Waals surface area contributed by atoms with Crippen molar-refractivity contribution in [1.82, 2.24) is 9.55 Å². The number of aryl methyl sites for hydroxylation is 2. The number of halogens is 1. The van der Waals surface area contributed by atoms with E-state index in [9.17, 15) is 4.79 Å². The van der Waals surface area contributed by atoms with Crippen LogP contribution in [0, 0.1) is 13.8 Å². The Hall–Kier alpha value is -2.60. The second kappa shape index (κ2) is 7.74. The highest BCUT2D eigenvalue weighted by Crippen LogP contribution is 2.20. The maximum Gasteiger partial charge on any atom is 0.259 e. The fourth-order valence-corrected chi connectivity index (χ4v) is 3.00.